The Hall–Kier alpha value is -1.81. The molecule has 3 rings (SSSR count). The second-order valence-corrected chi connectivity index (χ2v) is 6.09. The number of hydrogen-bond donors (Lipinski definition) is 0. The van der Waals surface area contributed by atoms with Gasteiger partial charge < -0.3 is 9.32 Å². The van der Waals surface area contributed by atoms with E-state index in [1.165, 1.54) is 17.2 Å². The maximum absolute atomic E-state index is 12.0. The Balaban J connectivity index is 2.08. The molecule has 3 nitrogen and oxygen atoms in total. The first-order valence-corrected chi connectivity index (χ1v) is 7.64. The third-order valence-corrected chi connectivity index (χ3v) is 4.57. The summed E-state index contributed by atoms with van der Waals surface area (Å²) in [4.78, 5) is 13.8. The highest BCUT2D eigenvalue weighted by Crippen LogP contribution is 2.38. The minimum atomic E-state index is -0.0632. The van der Waals surface area contributed by atoms with Gasteiger partial charge >= 0.3 is 0 Å². The summed E-state index contributed by atoms with van der Waals surface area (Å²) in [7, 11) is 0. The van der Waals surface area contributed by atoms with Gasteiger partial charge in [0.25, 0.3) is 0 Å². The van der Waals surface area contributed by atoms with E-state index in [0.717, 1.165) is 16.0 Å². The molecular formula is C17H16BrNO2. The van der Waals surface area contributed by atoms with Crippen LogP contribution in [-0.4, -0.2) is 17.4 Å². The molecule has 0 radical (unpaired) electrons. The summed E-state index contributed by atoms with van der Waals surface area (Å²) >= 11 is 3.61. The highest BCUT2D eigenvalue weighted by molar-refractivity contribution is 9.10. The fourth-order valence-electron chi connectivity index (χ4n) is 2.88. The van der Waals surface area contributed by atoms with Crippen molar-refractivity contribution in [2.45, 2.75) is 19.4 Å². The molecule has 21 heavy (non-hydrogen) atoms. The monoisotopic (exact) mass is 345 g/mol. The van der Waals surface area contributed by atoms with E-state index in [4.69, 9.17) is 4.42 Å². The van der Waals surface area contributed by atoms with Gasteiger partial charge in [-0.25, -0.2) is 0 Å². The Kier molecular flexibility index (Phi) is 3.72. The fraction of sp³-hybridized carbons (Fsp3) is 0.235. The van der Waals surface area contributed by atoms with Gasteiger partial charge in [-0.15, -0.1) is 0 Å². The van der Waals surface area contributed by atoms with Crippen LogP contribution < -0.4 is 0 Å². The summed E-state index contributed by atoms with van der Waals surface area (Å²) in [5.41, 5.74) is 2.34. The van der Waals surface area contributed by atoms with Crippen molar-refractivity contribution in [3.05, 3.63) is 70.1 Å². The molecular weight excluding hydrogens is 330 g/mol. The van der Waals surface area contributed by atoms with Gasteiger partial charge in [0.1, 0.15) is 11.5 Å². The molecule has 4 heteroatoms. The number of nitrogens with zero attached hydrogens (tertiary/aromatic N) is 1. The van der Waals surface area contributed by atoms with Crippen LogP contribution in [0, 0.1) is 6.92 Å². The lowest BCUT2D eigenvalue weighted by atomic mass is 9.88. The third-order valence-electron chi connectivity index (χ3n) is 3.84. The maximum Gasteiger partial charge on any atom is 0.246 e. The van der Waals surface area contributed by atoms with Crippen molar-refractivity contribution in [1.29, 1.82) is 0 Å². The van der Waals surface area contributed by atoms with Crippen LogP contribution in [-0.2, 0) is 11.3 Å². The summed E-state index contributed by atoms with van der Waals surface area (Å²) in [6.07, 6.45) is 1.36. The van der Waals surface area contributed by atoms with Crippen LogP contribution in [0.1, 0.15) is 28.6 Å². The van der Waals surface area contributed by atoms with Gasteiger partial charge in [0.05, 0.1) is 6.54 Å². The zero-order chi connectivity index (χ0) is 15.0. The van der Waals surface area contributed by atoms with E-state index in [1.54, 1.807) is 4.90 Å². The van der Waals surface area contributed by atoms with Gasteiger partial charge in [0.2, 0.25) is 5.91 Å². The van der Waals surface area contributed by atoms with Crippen molar-refractivity contribution < 1.29 is 9.21 Å². The second kappa shape index (κ2) is 5.53. The molecule has 0 N–H and O–H groups in total. The average molecular weight is 346 g/mol. The topological polar surface area (TPSA) is 33.5 Å². The molecule has 1 aromatic carbocycles. The lowest BCUT2D eigenvalue weighted by molar-refractivity contribution is -0.127. The summed E-state index contributed by atoms with van der Waals surface area (Å²) in [6, 6.07) is 10.2. The van der Waals surface area contributed by atoms with Gasteiger partial charge in [0.15, 0.2) is 0 Å². The Labute approximate surface area is 132 Å². The zero-order valence-corrected chi connectivity index (χ0v) is 13.4. The first-order chi connectivity index (χ1) is 10.1. The molecule has 0 saturated heterocycles. The van der Waals surface area contributed by atoms with Crippen molar-refractivity contribution in [3.63, 3.8) is 0 Å². The quantitative estimate of drug-likeness (QED) is 0.770. The van der Waals surface area contributed by atoms with Gasteiger partial charge in [-0.3, -0.25) is 4.79 Å². The van der Waals surface area contributed by atoms with Crippen molar-refractivity contribution in [1.82, 2.24) is 4.90 Å². The van der Waals surface area contributed by atoms with Crippen molar-refractivity contribution in [3.8, 4) is 0 Å². The van der Waals surface area contributed by atoms with E-state index in [0.29, 0.717) is 13.1 Å². The third kappa shape index (κ3) is 2.56. The standard InChI is InChI=1S/C17H16BrNO2/c1-3-17(20)19-9-14(12-6-4-5-7-15(12)18)13-8-11(2)21-16(13)10-19/h3-8,14H,1,9-10H2,2H3/t14-/m1/s1. The Bertz CT molecular complexity index is 705. The highest BCUT2D eigenvalue weighted by Gasteiger charge is 2.32. The van der Waals surface area contributed by atoms with Crippen molar-refractivity contribution >= 4 is 21.8 Å². The zero-order valence-electron chi connectivity index (χ0n) is 11.8. The molecule has 0 unspecified atom stereocenters. The number of aryl methyl sites for hydroxylation is 1. The van der Waals surface area contributed by atoms with Crippen molar-refractivity contribution in [2.75, 3.05) is 6.54 Å². The predicted molar refractivity (Wildman–Crippen MR) is 85.0 cm³/mol. The van der Waals surface area contributed by atoms with Crippen LogP contribution in [0.4, 0.5) is 0 Å². The minimum absolute atomic E-state index is 0.0632. The fourth-order valence-corrected chi connectivity index (χ4v) is 3.44. The first-order valence-electron chi connectivity index (χ1n) is 6.85. The number of rotatable bonds is 2. The van der Waals surface area contributed by atoms with E-state index >= 15 is 0 Å². The molecule has 2 heterocycles. The second-order valence-electron chi connectivity index (χ2n) is 5.23. The molecule has 1 aliphatic rings. The highest BCUT2D eigenvalue weighted by atomic mass is 79.9. The number of halogens is 1. The molecule has 2 aromatic rings. The number of amides is 1. The SMILES string of the molecule is C=CC(=O)N1Cc2oc(C)cc2[C@@H](c2ccccc2Br)C1. The number of hydrogen-bond acceptors (Lipinski definition) is 2. The number of carbonyl (C=O) groups excluding carboxylic acids is 1. The van der Waals surface area contributed by atoms with Gasteiger partial charge in [-0.05, 0) is 30.7 Å². The van der Waals surface area contributed by atoms with E-state index in [9.17, 15) is 4.79 Å². The molecule has 0 fully saturated rings. The van der Waals surface area contributed by atoms with E-state index in [1.807, 2.05) is 25.1 Å². The van der Waals surface area contributed by atoms with Crippen LogP contribution in [0.3, 0.4) is 0 Å². The van der Waals surface area contributed by atoms with E-state index < -0.39 is 0 Å². The molecule has 0 spiro atoms. The van der Waals surface area contributed by atoms with Crippen LogP contribution in [0.5, 0.6) is 0 Å². The summed E-state index contributed by atoms with van der Waals surface area (Å²) in [5, 5.41) is 0. The Morgan fingerprint density at radius 3 is 2.90 bits per heavy atom. The van der Waals surface area contributed by atoms with Gasteiger partial charge in [0, 0.05) is 22.5 Å². The normalized spacial score (nSPS) is 17.4. The van der Waals surface area contributed by atoms with Crippen LogP contribution in [0.15, 0.2) is 51.9 Å². The number of furan rings is 1. The minimum Gasteiger partial charge on any atom is -0.464 e. The lowest BCUT2D eigenvalue weighted by Crippen LogP contribution is -2.37. The number of benzene rings is 1. The molecule has 0 bridgehead atoms. The Morgan fingerprint density at radius 2 is 2.19 bits per heavy atom. The summed E-state index contributed by atoms with van der Waals surface area (Å²) < 4.78 is 6.83. The van der Waals surface area contributed by atoms with Crippen molar-refractivity contribution in [2.24, 2.45) is 0 Å². The number of carbonyl (C=O) groups is 1. The van der Waals surface area contributed by atoms with E-state index in [2.05, 4.69) is 34.6 Å². The molecule has 1 atom stereocenters. The summed E-state index contributed by atoms with van der Waals surface area (Å²) in [6.45, 7) is 6.67. The van der Waals surface area contributed by atoms with Crippen LogP contribution in [0.25, 0.3) is 0 Å². The van der Waals surface area contributed by atoms with Gasteiger partial charge in [-0.1, -0.05) is 40.7 Å². The first kappa shape index (κ1) is 14.1. The molecule has 108 valence electrons. The molecule has 0 saturated carbocycles. The number of fused-ring (bicyclic) bond motifs is 1. The Morgan fingerprint density at radius 1 is 1.43 bits per heavy atom. The maximum atomic E-state index is 12.0. The van der Waals surface area contributed by atoms with Crippen LogP contribution >= 0.6 is 15.9 Å². The molecule has 1 aromatic heterocycles. The molecule has 1 aliphatic heterocycles. The molecule has 0 aliphatic carbocycles. The van der Waals surface area contributed by atoms with Crippen LogP contribution in [0.2, 0.25) is 0 Å². The van der Waals surface area contributed by atoms with E-state index in [-0.39, 0.29) is 11.8 Å². The lowest BCUT2D eigenvalue weighted by Gasteiger charge is -2.32. The smallest absolute Gasteiger partial charge is 0.246 e. The largest absolute Gasteiger partial charge is 0.464 e. The summed E-state index contributed by atoms with van der Waals surface area (Å²) in [5.74, 6) is 1.80. The predicted octanol–water partition coefficient (Wildman–Crippen LogP) is 4.01. The average Bonchev–Trinajstić information content (AvgIpc) is 2.86. The van der Waals surface area contributed by atoms with Gasteiger partial charge in [-0.2, -0.15) is 0 Å². The molecule has 1 amide bonds.